The third-order valence-electron chi connectivity index (χ3n) is 10.9. The molecular weight excluding hydrogens is 809 g/mol. The van der Waals surface area contributed by atoms with Crippen molar-refractivity contribution in [3.8, 4) is 23.0 Å². The minimum absolute atomic E-state index is 0.114. The van der Waals surface area contributed by atoms with Gasteiger partial charge in [-0.1, -0.05) is 72.8 Å². The SMILES string of the molecule is OCCOc1ccccc1C1=c2ccc([nH]2)=C(c2ccccc2OCCO)c2ccc([nH]2)C(c2ccccc2OCCO)=c2ccc([nH]2)=C(c2ccccc2OCCO)c2ccc1[nH]2. The molecule has 1 aliphatic heterocycles. The first kappa shape index (κ1) is 41.9. The third kappa shape index (κ3) is 8.38. The molecule has 0 fully saturated rings. The van der Waals surface area contributed by atoms with Crippen LogP contribution in [0, 0.1) is 0 Å². The zero-order valence-electron chi connectivity index (χ0n) is 34.9. The smallest absolute Gasteiger partial charge is 0.127 e. The first-order chi connectivity index (χ1) is 31.6. The predicted molar refractivity (Wildman–Crippen MR) is 244 cm³/mol. The van der Waals surface area contributed by atoms with Gasteiger partial charge in [0.15, 0.2) is 0 Å². The van der Waals surface area contributed by atoms with Gasteiger partial charge in [0.05, 0.1) is 26.4 Å². The molecule has 0 aliphatic carbocycles. The Labute approximate surface area is 368 Å². The van der Waals surface area contributed by atoms with Crippen molar-refractivity contribution in [2.45, 2.75) is 0 Å². The number of H-pyrrole nitrogens is 4. The van der Waals surface area contributed by atoms with Gasteiger partial charge in [-0.2, -0.15) is 0 Å². The van der Waals surface area contributed by atoms with Crippen LogP contribution in [0.4, 0.5) is 0 Å². The summed E-state index contributed by atoms with van der Waals surface area (Å²) in [5, 5.41) is 42.3. The molecule has 8 aromatic rings. The van der Waals surface area contributed by atoms with Gasteiger partial charge in [0, 0.05) is 88.7 Å². The molecule has 0 saturated heterocycles. The highest BCUT2D eigenvalue weighted by Crippen LogP contribution is 2.35. The summed E-state index contributed by atoms with van der Waals surface area (Å²) in [4.78, 5) is 15.1. The molecular formula is C52H48N4O8. The van der Waals surface area contributed by atoms with Crippen molar-refractivity contribution in [1.82, 2.24) is 19.9 Å². The molecule has 12 nitrogen and oxygen atoms in total. The second-order valence-corrected chi connectivity index (χ2v) is 14.9. The normalized spacial score (nSPS) is 12.4. The highest BCUT2D eigenvalue weighted by molar-refractivity contribution is 5.87. The largest absolute Gasteiger partial charge is 0.491 e. The van der Waals surface area contributed by atoms with Gasteiger partial charge >= 0.3 is 0 Å². The Morgan fingerprint density at radius 3 is 0.750 bits per heavy atom. The molecule has 9 rings (SSSR count). The Bertz CT molecular complexity index is 2740. The molecule has 0 unspecified atom stereocenters. The van der Waals surface area contributed by atoms with Crippen molar-refractivity contribution >= 4 is 22.3 Å². The fourth-order valence-corrected chi connectivity index (χ4v) is 8.31. The number of rotatable bonds is 16. The van der Waals surface area contributed by atoms with E-state index in [1.807, 2.05) is 146 Å². The first-order valence-electron chi connectivity index (χ1n) is 21.2. The number of fused-ring (bicyclic) bond motifs is 8. The predicted octanol–water partition coefficient (Wildman–Crippen LogP) is 3.79. The number of aliphatic hydroxyl groups excluding tert-OH is 4. The van der Waals surface area contributed by atoms with Crippen molar-refractivity contribution in [3.05, 3.63) is 212 Å². The number of para-hydroxylation sites is 4. The molecule has 8 N–H and O–H groups in total. The van der Waals surface area contributed by atoms with Crippen LogP contribution in [0.5, 0.6) is 23.0 Å². The Balaban J connectivity index is 1.43. The fraction of sp³-hybridized carbons (Fsp3) is 0.154. The summed E-state index contributed by atoms with van der Waals surface area (Å²) >= 11 is 0. The van der Waals surface area contributed by atoms with Crippen LogP contribution in [0.15, 0.2) is 146 Å². The molecule has 4 aromatic heterocycles. The molecule has 12 heteroatoms. The standard InChI is InChI=1S/C52H48N4O8/c57-25-29-61-45-13-5-1-9-33(45)49-37-17-19-39(53-37)50(34-10-2-6-14-46(34)62-30-26-58)41-21-23-43(55-41)52(36-12-4-8-16-48(36)64-32-28-60)44-24-22-42(56-44)51(40-20-18-38(49)54-40)35-11-3-7-15-47(35)63-31-27-59/h1-24,53-60H,25-32H2. The Kier molecular flexibility index (Phi) is 12.6. The molecule has 0 saturated carbocycles. The van der Waals surface area contributed by atoms with Gasteiger partial charge in [0.2, 0.25) is 0 Å². The van der Waals surface area contributed by atoms with E-state index in [1.165, 1.54) is 0 Å². The number of aliphatic hydroxyl groups is 4. The number of ether oxygens (including phenoxy) is 4. The molecule has 0 radical (unpaired) electrons. The maximum atomic E-state index is 9.80. The van der Waals surface area contributed by atoms with Gasteiger partial charge < -0.3 is 59.3 Å². The molecule has 4 aromatic carbocycles. The Morgan fingerprint density at radius 2 is 0.516 bits per heavy atom. The lowest BCUT2D eigenvalue weighted by atomic mass is 10.0. The van der Waals surface area contributed by atoms with Gasteiger partial charge in [-0.25, -0.2) is 0 Å². The van der Waals surface area contributed by atoms with Crippen molar-refractivity contribution in [2.75, 3.05) is 52.9 Å². The van der Waals surface area contributed by atoms with Crippen LogP contribution in [0.2, 0.25) is 0 Å². The van der Waals surface area contributed by atoms with Crippen LogP contribution in [0.3, 0.4) is 0 Å². The average molecular weight is 857 g/mol. The second-order valence-electron chi connectivity index (χ2n) is 14.9. The maximum Gasteiger partial charge on any atom is 0.127 e. The van der Waals surface area contributed by atoms with Crippen LogP contribution >= 0.6 is 0 Å². The van der Waals surface area contributed by atoms with E-state index in [0.717, 1.165) is 88.7 Å². The highest BCUT2D eigenvalue weighted by atomic mass is 16.5. The molecule has 1 aliphatic rings. The summed E-state index contributed by atoms with van der Waals surface area (Å²) in [6, 6.07) is 47.4. The number of hydrogen-bond donors (Lipinski definition) is 8. The van der Waals surface area contributed by atoms with E-state index in [4.69, 9.17) is 18.9 Å². The fourth-order valence-electron chi connectivity index (χ4n) is 8.31. The number of nitrogens with one attached hydrogen (secondary N) is 4. The molecule has 8 bridgehead atoms. The summed E-state index contributed by atoms with van der Waals surface area (Å²) < 4.78 is 24.6. The summed E-state index contributed by atoms with van der Waals surface area (Å²) in [5.74, 6) is 2.39. The maximum absolute atomic E-state index is 9.80. The van der Waals surface area contributed by atoms with Gasteiger partial charge in [0.25, 0.3) is 0 Å². The molecule has 0 spiro atoms. The lowest BCUT2D eigenvalue weighted by Crippen LogP contribution is -2.20. The summed E-state index contributed by atoms with van der Waals surface area (Å²) in [6.45, 7) is -0.133. The third-order valence-corrected chi connectivity index (χ3v) is 10.9. The lowest BCUT2D eigenvalue weighted by Gasteiger charge is -2.15. The first-order valence-corrected chi connectivity index (χ1v) is 21.2. The molecule has 0 amide bonds. The van der Waals surface area contributed by atoms with Gasteiger partial charge in [0.1, 0.15) is 49.4 Å². The van der Waals surface area contributed by atoms with Crippen LogP contribution in [-0.4, -0.2) is 93.2 Å². The Morgan fingerprint density at radius 1 is 0.281 bits per heavy atom. The summed E-state index contributed by atoms with van der Waals surface area (Å²) in [6.07, 6.45) is 0. The molecule has 64 heavy (non-hydrogen) atoms. The van der Waals surface area contributed by atoms with E-state index in [-0.39, 0.29) is 52.9 Å². The van der Waals surface area contributed by atoms with E-state index < -0.39 is 0 Å². The topological polar surface area (TPSA) is 181 Å². The van der Waals surface area contributed by atoms with Crippen molar-refractivity contribution < 1.29 is 39.4 Å². The minimum atomic E-state index is -0.147. The number of hydrogen-bond acceptors (Lipinski definition) is 8. The van der Waals surface area contributed by atoms with E-state index in [1.54, 1.807) is 0 Å². The van der Waals surface area contributed by atoms with Crippen molar-refractivity contribution in [3.63, 3.8) is 0 Å². The minimum Gasteiger partial charge on any atom is -0.491 e. The van der Waals surface area contributed by atoms with Gasteiger partial charge in [-0.05, 0) is 72.8 Å². The van der Waals surface area contributed by atoms with E-state index in [0.29, 0.717) is 23.0 Å². The molecule has 0 atom stereocenters. The molecule has 5 heterocycles. The zero-order valence-corrected chi connectivity index (χ0v) is 34.9. The number of benzene rings is 4. The molecule has 324 valence electrons. The van der Waals surface area contributed by atoms with Crippen LogP contribution in [-0.2, 0) is 0 Å². The van der Waals surface area contributed by atoms with Crippen LogP contribution < -0.4 is 40.3 Å². The van der Waals surface area contributed by atoms with Crippen molar-refractivity contribution in [2.24, 2.45) is 0 Å². The highest BCUT2D eigenvalue weighted by Gasteiger charge is 2.23. The number of aromatic nitrogens is 4. The van der Waals surface area contributed by atoms with Crippen molar-refractivity contribution in [1.29, 1.82) is 0 Å². The lowest BCUT2D eigenvalue weighted by molar-refractivity contribution is 0.201. The van der Waals surface area contributed by atoms with Gasteiger partial charge in [-0.15, -0.1) is 0 Å². The van der Waals surface area contributed by atoms with E-state index >= 15 is 0 Å². The Hall–Kier alpha value is -7.48. The van der Waals surface area contributed by atoms with Gasteiger partial charge in [-0.3, -0.25) is 0 Å². The van der Waals surface area contributed by atoms with E-state index in [2.05, 4.69) is 19.9 Å². The average Bonchev–Trinajstić information content (AvgIpc) is 4.19. The zero-order chi connectivity index (χ0) is 43.8. The summed E-state index contributed by atoms with van der Waals surface area (Å²) in [7, 11) is 0. The van der Waals surface area contributed by atoms with E-state index in [9.17, 15) is 20.4 Å². The summed E-state index contributed by atoms with van der Waals surface area (Å²) in [5.41, 5.74) is 9.60. The quantitative estimate of drug-likeness (QED) is 0.0724. The number of aromatic amines is 4. The van der Waals surface area contributed by atoms with Crippen LogP contribution in [0.1, 0.15) is 45.0 Å². The van der Waals surface area contributed by atoms with Crippen LogP contribution in [0.25, 0.3) is 22.3 Å². The monoisotopic (exact) mass is 856 g/mol. The second kappa shape index (κ2) is 19.3.